The number of benzene rings is 1. The highest BCUT2D eigenvalue weighted by Gasteiger charge is 2.25. The highest BCUT2D eigenvalue weighted by Crippen LogP contribution is 2.24. The van der Waals surface area contributed by atoms with E-state index in [4.69, 9.17) is 10.2 Å². The molecule has 0 bridgehead atoms. The first kappa shape index (κ1) is 13.4. The van der Waals surface area contributed by atoms with E-state index in [1.54, 1.807) is 0 Å². The van der Waals surface area contributed by atoms with E-state index in [1.807, 2.05) is 0 Å². The highest BCUT2D eigenvalue weighted by atomic mass is 16.6. The van der Waals surface area contributed by atoms with Crippen molar-refractivity contribution in [2.75, 3.05) is 0 Å². The van der Waals surface area contributed by atoms with Crippen LogP contribution in [0.3, 0.4) is 0 Å². The molecular formula is C10H10N2O6. The van der Waals surface area contributed by atoms with Gasteiger partial charge < -0.3 is 10.2 Å². The Bertz CT molecular complexity index is 499. The van der Waals surface area contributed by atoms with Gasteiger partial charge in [0.25, 0.3) is 5.69 Å². The molecule has 8 heteroatoms. The Kier molecular flexibility index (Phi) is 3.82. The average Bonchev–Trinajstić information content (AvgIpc) is 2.24. The summed E-state index contributed by atoms with van der Waals surface area (Å²) in [7, 11) is 0. The normalized spacial score (nSPS) is 9.83. The molecule has 96 valence electrons. The summed E-state index contributed by atoms with van der Waals surface area (Å²) < 4.78 is 0. The second kappa shape index (κ2) is 5.13. The quantitative estimate of drug-likeness (QED) is 0.628. The Labute approximate surface area is 101 Å². The summed E-state index contributed by atoms with van der Waals surface area (Å²) in [6, 6.07) is 4.32. The SMILES string of the molecule is Cc1cccc(CN(C(=O)O)C(=O)O)c1[N+](=O)[O-]. The first-order valence-electron chi connectivity index (χ1n) is 4.81. The van der Waals surface area contributed by atoms with Crippen LogP contribution < -0.4 is 0 Å². The summed E-state index contributed by atoms with van der Waals surface area (Å²) in [5, 5.41) is 28.2. The molecule has 0 saturated carbocycles. The van der Waals surface area contributed by atoms with E-state index in [0.29, 0.717) is 5.56 Å². The Balaban J connectivity index is 3.18. The topological polar surface area (TPSA) is 121 Å². The van der Waals surface area contributed by atoms with E-state index in [2.05, 4.69) is 0 Å². The van der Waals surface area contributed by atoms with Crippen LogP contribution in [0.1, 0.15) is 11.1 Å². The number of nitrogens with zero attached hydrogens (tertiary/aromatic N) is 2. The molecule has 2 amide bonds. The summed E-state index contributed by atoms with van der Waals surface area (Å²) in [6.07, 6.45) is -3.36. The van der Waals surface area contributed by atoms with Gasteiger partial charge in [0, 0.05) is 5.56 Å². The number of hydrogen-bond donors (Lipinski definition) is 2. The molecule has 1 aromatic carbocycles. The molecule has 8 nitrogen and oxygen atoms in total. The van der Waals surface area contributed by atoms with E-state index in [9.17, 15) is 19.7 Å². The Morgan fingerprint density at radius 3 is 2.33 bits per heavy atom. The predicted octanol–water partition coefficient (Wildman–Crippen LogP) is 2.06. The molecule has 18 heavy (non-hydrogen) atoms. The monoisotopic (exact) mass is 254 g/mol. The van der Waals surface area contributed by atoms with Crippen molar-refractivity contribution in [1.82, 2.24) is 4.90 Å². The van der Waals surface area contributed by atoms with E-state index >= 15 is 0 Å². The Hall–Kier alpha value is -2.64. The van der Waals surface area contributed by atoms with Crippen molar-refractivity contribution in [2.45, 2.75) is 13.5 Å². The molecule has 1 rings (SSSR count). The van der Waals surface area contributed by atoms with E-state index in [1.165, 1.54) is 25.1 Å². The zero-order valence-electron chi connectivity index (χ0n) is 9.36. The van der Waals surface area contributed by atoms with Gasteiger partial charge in [0.15, 0.2) is 0 Å². The third-order valence-corrected chi connectivity index (χ3v) is 2.29. The average molecular weight is 254 g/mol. The molecule has 0 unspecified atom stereocenters. The van der Waals surface area contributed by atoms with Crippen molar-refractivity contribution >= 4 is 17.9 Å². The molecule has 0 atom stereocenters. The largest absolute Gasteiger partial charge is 0.465 e. The summed E-state index contributed by atoms with van der Waals surface area (Å²) in [5.74, 6) is 0. The molecule has 1 aromatic rings. The number of nitro benzene ring substituents is 1. The van der Waals surface area contributed by atoms with Crippen molar-refractivity contribution in [3.05, 3.63) is 39.4 Å². The van der Waals surface area contributed by atoms with Gasteiger partial charge in [0.2, 0.25) is 0 Å². The van der Waals surface area contributed by atoms with Crippen LogP contribution in [0.5, 0.6) is 0 Å². The molecule has 0 radical (unpaired) electrons. The molecule has 2 N–H and O–H groups in total. The van der Waals surface area contributed by atoms with Crippen LogP contribution in [-0.4, -0.2) is 32.2 Å². The van der Waals surface area contributed by atoms with Crippen molar-refractivity contribution in [2.24, 2.45) is 0 Å². The van der Waals surface area contributed by atoms with Crippen LogP contribution in [0.25, 0.3) is 0 Å². The molecule has 0 aliphatic rings. The van der Waals surface area contributed by atoms with Crippen molar-refractivity contribution in [3.8, 4) is 0 Å². The number of hydrogen-bond acceptors (Lipinski definition) is 4. The minimum atomic E-state index is -1.68. The number of amides is 2. The molecule has 0 aliphatic carbocycles. The number of nitro groups is 1. The maximum absolute atomic E-state index is 10.9. The molecule has 0 saturated heterocycles. The van der Waals surface area contributed by atoms with Gasteiger partial charge in [-0.25, -0.2) is 14.5 Å². The second-order valence-electron chi connectivity index (χ2n) is 3.49. The number of imide groups is 1. The van der Waals surface area contributed by atoms with E-state index in [0.717, 1.165) is 0 Å². The van der Waals surface area contributed by atoms with Crippen molar-refractivity contribution < 1.29 is 24.7 Å². The predicted molar refractivity (Wildman–Crippen MR) is 59.4 cm³/mol. The zero-order chi connectivity index (χ0) is 13.9. The van der Waals surface area contributed by atoms with Gasteiger partial charge in [-0.1, -0.05) is 18.2 Å². The fourth-order valence-electron chi connectivity index (χ4n) is 1.50. The van der Waals surface area contributed by atoms with Crippen LogP contribution in [0.4, 0.5) is 15.3 Å². The molecule has 0 spiro atoms. The third-order valence-electron chi connectivity index (χ3n) is 2.29. The Morgan fingerprint density at radius 1 is 1.33 bits per heavy atom. The maximum Gasteiger partial charge on any atom is 0.417 e. The number of rotatable bonds is 3. The fourth-order valence-corrected chi connectivity index (χ4v) is 1.50. The van der Waals surface area contributed by atoms with Gasteiger partial charge in [-0.05, 0) is 6.92 Å². The number of carbonyl (C=O) groups is 2. The van der Waals surface area contributed by atoms with Crippen LogP contribution in [0, 0.1) is 17.0 Å². The maximum atomic E-state index is 10.9. The lowest BCUT2D eigenvalue weighted by Gasteiger charge is -2.13. The number of aryl methyl sites for hydroxylation is 1. The van der Waals surface area contributed by atoms with Gasteiger partial charge in [0.05, 0.1) is 17.0 Å². The molecule has 0 heterocycles. The van der Waals surface area contributed by atoms with E-state index < -0.39 is 23.7 Å². The summed E-state index contributed by atoms with van der Waals surface area (Å²) in [5.41, 5.74) is 0.100. The minimum absolute atomic E-state index is 0.0322. The summed E-state index contributed by atoms with van der Waals surface area (Å²) >= 11 is 0. The van der Waals surface area contributed by atoms with Gasteiger partial charge >= 0.3 is 12.2 Å². The molecule has 0 aromatic heterocycles. The lowest BCUT2D eigenvalue weighted by Crippen LogP contribution is -2.34. The van der Waals surface area contributed by atoms with Crippen molar-refractivity contribution in [1.29, 1.82) is 0 Å². The molecule has 0 fully saturated rings. The molecular weight excluding hydrogens is 244 g/mol. The smallest absolute Gasteiger partial charge is 0.417 e. The summed E-state index contributed by atoms with van der Waals surface area (Å²) in [6.45, 7) is 0.913. The third kappa shape index (κ3) is 2.73. The van der Waals surface area contributed by atoms with E-state index in [-0.39, 0.29) is 16.2 Å². The van der Waals surface area contributed by atoms with Gasteiger partial charge in [-0.3, -0.25) is 10.1 Å². The highest BCUT2D eigenvalue weighted by molar-refractivity contribution is 5.85. The van der Waals surface area contributed by atoms with Crippen molar-refractivity contribution in [3.63, 3.8) is 0 Å². The number of para-hydroxylation sites is 1. The second-order valence-corrected chi connectivity index (χ2v) is 3.49. The van der Waals surface area contributed by atoms with Gasteiger partial charge in [-0.15, -0.1) is 0 Å². The minimum Gasteiger partial charge on any atom is -0.465 e. The van der Waals surface area contributed by atoms with Crippen LogP contribution >= 0.6 is 0 Å². The van der Waals surface area contributed by atoms with Gasteiger partial charge in [0.1, 0.15) is 0 Å². The lowest BCUT2D eigenvalue weighted by atomic mass is 10.1. The molecule has 0 aliphatic heterocycles. The van der Waals surface area contributed by atoms with Gasteiger partial charge in [-0.2, -0.15) is 0 Å². The number of carboxylic acid groups (broad SMARTS) is 2. The Morgan fingerprint density at radius 2 is 1.89 bits per heavy atom. The van der Waals surface area contributed by atoms with Crippen LogP contribution in [0.2, 0.25) is 0 Å². The first-order valence-corrected chi connectivity index (χ1v) is 4.81. The fraction of sp³-hybridized carbons (Fsp3) is 0.200. The lowest BCUT2D eigenvalue weighted by molar-refractivity contribution is -0.386. The van der Waals surface area contributed by atoms with Crippen LogP contribution in [-0.2, 0) is 6.54 Å². The summed E-state index contributed by atoms with van der Waals surface area (Å²) in [4.78, 5) is 31.7. The van der Waals surface area contributed by atoms with Crippen LogP contribution in [0.15, 0.2) is 18.2 Å². The first-order chi connectivity index (χ1) is 8.34. The zero-order valence-corrected chi connectivity index (χ0v) is 9.36. The standard InChI is InChI=1S/C10H10N2O6/c1-6-3-2-4-7(8(6)12(17)18)5-11(9(13)14)10(15)16/h2-4H,5H2,1H3,(H,13,14)(H,15,16).